The van der Waals surface area contributed by atoms with Crippen LogP contribution in [-0.2, 0) is 21.0 Å². The molecule has 1 aromatic carbocycles. The first-order valence-corrected chi connectivity index (χ1v) is 15.6. The molecule has 14 nitrogen and oxygen atoms in total. The second-order valence-electron chi connectivity index (χ2n) is 10.8. The van der Waals surface area contributed by atoms with Gasteiger partial charge in [0.1, 0.15) is 17.4 Å². The summed E-state index contributed by atoms with van der Waals surface area (Å²) in [5.74, 6) is -1.34. The van der Waals surface area contributed by atoms with Gasteiger partial charge in [0, 0.05) is 12.5 Å². The second-order valence-corrected chi connectivity index (χ2v) is 10.8. The molecular formula is C31H46N4O10. The first kappa shape index (κ1) is 37.0. The van der Waals surface area contributed by atoms with Crippen LogP contribution in [0.2, 0.25) is 0 Å². The molecule has 1 N–H and O–H groups in total. The summed E-state index contributed by atoms with van der Waals surface area (Å²) in [7, 11) is 2.59. The van der Waals surface area contributed by atoms with E-state index in [-0.39, 0.29) is 23.6 Å². The molecule has 0 bridgehead atoms. The number of hydrogen-bond donors (Lipinski definition) is 1. The number of aromatic nitrogens is 3. The SMILES string of the molecule is CCCCCCCCCCCCCCCC(=O)OCn1nc(C(=O)c2cc(OC)c(OC)cc2[N+](=O)[O-])c(C(C)OC(=O)O)n1. The molecule has 1 atom stereocenters. The van der Waals surface area contributed by atoms with E-state index in [1.54, 1.807) is 0 Å². The minimum atomic E-state index is -1.63. The van der Waals surface area contributed by atoms with E-state index in [9.17, 15) is 24.5 Å². The van der Waals surface area contributed by atoms with E-state index in [1.807, 2.05) is 0 Å². The fraction of sp³-hybridized carbons (Fsp3) is 0.645. The van der Waals surface area contributed by atoms with Crippen LogP contribution in [0.1, 0.15) is 132 Å². The summed E-state index contributed by atoms with van der Waals surface area (Å²) in [5, 5.41) is 29.0. The zero-order chi connectivity index (χ0) is 33.2. The van der Waals surface area contributed by atoms with Crippen LogP contribution in [0.15, 0.2) is 12.1 Å². The molecule has 0 spiro atoms. The third kappa shape index (κ3) is 12.4. The van der Waals surface area contributed by atoms with Gasteiger partial charge in [-0.1, -0.05) is 84.0 Å². The molecule has 14 heteroatoms. The van der Waals surface area contributed by atoms with Crippen LogP contribution in [0.5, 0.6) is 11.5 Å². The van der Waals surface area contributed by atoms with Gasteiger partial charge in [-0.3, -0.25) is 19.7 Å². The van der Waals surface area contributed by atoms with Crippen LogP contribution in [-0.4, -0.2) is 57.2 Å². The molecule has 0 radical (unpaired) electrons. The third-order valence-electron chi connectivity index (χ3n) is 7.33. The Bertz CT molecular complexity index is 1260. The Balaban J connectivity index is 1.95. The third-order valence-corrected chi connectivity index (χ3v) is 7.33. The van der Waals surface area contributed by atoms with Crippen LogP contribution >= 0.6 is 0 Å². The Morgan fingerprint density at radius 2 is 1.42 bits per heavy atom. The van der Waals surface area contributed by atoms with Gasteiger partial charge in [-0.25, -0.2) is 4.79 Å². The first-order valence-electron chi connectivity index (χ1n) is 15.6. The fourth-order valence-corrected chi connectivity index (χ4v) is 4.88. The van der Waals surface area contributed by atoms with Crippen molar-refractivity contribution in [2.24, 2.45) is 0 Å². The maximum Gasteiger partial charge on any atom is 0.506 e. The molecule has 0 saturated carbocycles. The zero-order valence-corrected chi connectivity index (χ0v) is 26.7. The molecule has 1 aromatic heterocycles. The lowest BCUT2D eigenvalue weighted by molar-refractivity contribution is -0.385. The van der Waals surface area contributed by atoms with Gasteiger partial charge in [0.25, 0.3) is 5.69 Å². The van der Waals surface area contributed by atoms with Gasteiger partial charge in [-0.15, -0.1) is 9.90 Å². The van der Waals surface area contributed by atoms with E-state index >= 15 is 0 Å². The molecule has 0 aliphatic carbocycles. The lowest BCUT2D eigenvalue weighted by Crippen LogP contribution is -2.13. The number of hydrogen-bond acceptors (Lipinski definition) is 11. The van der Waals surface area contributed by atoms with Gasteiger partial charge >= 0.3 is 12.1 Å². The number of esters is 1. The Hall–Kier alpha value is -4.23. The van der Waals surface area contributed by atoms with Gasteiger partial charge in [-0.2, -0.15) is 5.10 Å². The molecule has 0 fully saturated rings. The summed E-state index contributed by atoms with van der Waals surface area (Å²) in [6.07, 6.45) is 12.7. The van der Waals surface area contributed by atoms with Gasteiger partial charge in [0.05, 0.1) is 25.2 Å². The number of ketones is 1. The van der Waals surface area contributed by atoms with Crippen molar-refractivity contribution in [3.63, 3.8) is 0 Å². The monoisotopic (exact) mass is 634 g/mol. The molecule has 2 rings (SSSR count). The number of unbranched alkanes of at least 4 members (excludes halogenated alkanes) is 12. The number of rotatable bonds is 23. The number of carbonyl (C=O) groups excluding carboxylic acids is 2. The summed E-state index contributed by atoms with van der Waals surface area (Å²) in [5.41, 5.74) is -1.60. The predicted octanol–water partition coefficient (Wildman–Crippen LogP) is 7.17. The summed E-state index contributed by atoms with van der Waals surface area (Å²) in [6, 6.07) is 2.16. The van der Waals surface area contributed by atoms with Crippen LogP contribution in [0, 0.1) is 10.1 Å². The van der Waals surface area contributed by atoms with E-state index in [0.717, 1.165) is 36.2 Å². The lowest BCUT2D eigenvalue weighted by atomic mass is 10.0. The van der Waals surface area contributed by atoms with Crippen molar-refractivity contribution in [3.05, 3.63) is 39.2 Å². The minimum Gasteiger partial charge on any atom is -0.493 e. The van der Waals surface area contributed by atoms with Crippen LogP contribution < -0.4 is 9.47 Å². The summed E-state index contributed by atoms with van der Waals surface area (Å²) in [6.45, 7) is 3.10. The van der Waals surface area contributed by atoms with E-state index in [2.05, 4.69) is 17.1 Å². The zero-order valence-electron chi connectivity index (χ0n) is 26.7. The number of benzene rings is 1. The van der Waals surface area contributed by atoms with Crippen molar-refractivity contribution in [1.29, 1.82) is 0 Å². The average molecular weight is 635 g/mol. The predicted molar refractivity (Wildman–Crippen MR) is 164 cm³/mol. The maximum absolute atomic E-state index is 13.5. The largest absolute Gasteiger partial charge is 0.506 e. The normalized spacial score (nSPS) is 11.6. The smallest absolute Gasteiger partial charge is 0.493 e. The number of nitro benzene ring substituents is 1. The van der Waals surface area contributed by atoms with Gasteiger partial charge in [0.15, 0.2) is 17.2 Å². The number of nitro groups is 1. The van der Waals surface area contributed by atoms with Gasteiger partial charge in [0.2, 0.25) is 12.5 Å². The molecule has 45 heavy (non-hydrogen) atoms. The highest BCUT2D eigenvalue weighted by Crippen LogP contribution is 2.36. The number of nitrogens with zero attached hydrogens (tertiary/aromatic N) is 4. The summed E-state index contributed by atoms with van der Waals surface area (Å²) >= 11 is 0. The summed E-state index contributed by atoms with van der Waals surface area (Å²) < 4.78 is 20.3. The highest BCUT2D eigenvalue weighted by molar-refractivity contribution is 6.11. The Morgan fingerprint density at radius 1 is 0.889 bits per heavy atom. The average Bonchev–Trinajstić information content (AvgIpc) is 3.45. The molecular weight excluding hydrogens is 588 g/mol. The molecule has 2 aromatic rings. The van der Waals surface area contributed by atoms with Crippen molar-refractivity contribution in [2.45, 2.75) is 117 Å². The standard InChI is InChI=1S/C31H46N4O10/c1-5-6-7-8-9-10-11-12-13-14-15-16-17-18-27(36)44-21-34-32-28(22(2)45-31(38)39)29(33-34)30(37)23-19-25(42-3)26(43-4)20-24(23)35(40)41/h19-20,22H,5-18,21H2,1-4H3,(H,38,39). The van der Waals surface area contributed by atoms with Crippen molar-refractivity contribution in [1.82, 2.24) is 15.0 Å². The Labute approximate surface area is 263 Å². The van der Waals surface area contributed by atoms with E-state index in [4.69, 9.17) is 24.1 Å². The topological polar surface area (TPSA) is 182 Å². The number of carboxylic acid groups (broad SMARTS) is 1. The Morgan fingerprint density at radius 3 is 1.93 bits per heavy atom. The molecule has 0 saturated heterocycles. The van der Waals surface area contributed by atoms with E-state index in [1.165, 1.54) is 78.9 Å². The molecule has 0 aliphatic heterocycles. The van der Waals surface area contributed by atoms with Crippen molar-refractivity contribution in [2.75, 3.05) is 14.2 Å². The van der Waals surface area contributed by atoms with Gasteiger partial charge in [-0.05, 0) is 13.3 Å². The van der Waals surface area contributed by atoms with E-state index < -0.39 is 52.6 Å². The molecule has 0 amide bonds. The highest BCUT2D eigenvalue weighted by Gasteiger charge is 2.32. The minimum absolute atomic E-state index is 0.0302. The van der Waals surface area contributed by atoms with E-state index in [0.29, 0.717) is 6.42 Å². The lowest BCUT2D eigenvalue weighted by Gasteiger charge is -2.11. The molecule has 1 heterocycles. The van der Waals surface area contributed by atoms with Crippen molar-refractivity contribution < 1.29 is 43.4 Å². The number of carbonyl (C=O) groups is 3. The van der Waals surface area contributed by atoms with Gasteiger partial charge < -0.3 is 24.1 Å². The fourth-order valence-electron chi connectivity index (χ4n) is 4.88. The van der Waals surface area contributed by atoms with Crippen LogP contribution in [0.4, 0.5) is 10.5 Å². The molecule has 0 aliphatic rings. The number of methoxy groups -OCH3 is 2. The Kier molecular flexibility index (Phi) is 16.4. The summed E-state index contributed by atoms with van der Waals surface area (Å²) in [4.78, 5) is 48.9. The second kappa shape index (κ2) is 19.9. The van der Waals surface area contributed by atoms with Crippen LogP contribution in [0.25, 0.3) is 0 Å². The van der Waals surface area contributed by atoms with Crippen molar-refractivity contribution in [3.8, 4) is 11.5 Å². The van der Waals surface area contributed by atoms with Crippen LogP contribution in [0.3, 0.4) is 0 Å². The van der Waals surface area contributed by atoms with Crippen molar-refractivity contribution >= 4 is 23.6 Å². The highest BCUT2D eigenvalue weighted by atomic mass is 16.7. The first-order chi connectivity index (χ1) is 21.6. The number of ether oxygens (including phenoxy) is 4. The maximum atomic E-state index is 13.5. The molecule has 1 unspecified atom stereocenters. The quantitative estimate of drug-likeness (QED) is 0.0428. The molecule has 250 valence electrons.